The number of aromatic nitrogens is 2. The molecule has 0 atom stereocenters. The van der Waals surface area contributed by atoms with Gasteiger partial charge in [0.2, 0.25) is 17.7 Å². The van der Waals surface area contributed by atoms with E-state index in [9.17, 15) is 26.3 Å². The molecular weight excluding hydrogens is 296 g/mol. The zero-order chi connectivity index (χ0) is 15.4. The topological polar surface area (TPSA) is 56.3 Å². The first-order chi connectivity index (χ1) is 9.09. The smallest absolute Gasteiger partial charge is 0.388 e. The van der Waals surface area contributed by atoms with Crippen LogP contribution < -0.4 is 14.8 Å². The summed E-state index contributed by atoms with van der Waals surface area (Å²) >= 11 is 0. The van der Waals surface area contributed by atoms with Gasteiger partial charge in [0, 0.05) is 6.54 Å². The molecular formula is C9H7F6N3O2. The average molecular weight is 303 g/mol. The van der Waals surface area contributed by atoms with Crippen molar-refractivity contribution in [2.45, 2.75) is 12.7 Å². The van der Waals surface area contributed by atoms with Gasteiger partial charge in [-0.1, -0.05) is 6.08 Å². The number of hydrogen-bond donors (Lipinski definition) is 1. The normalized spacial score (nSPS) is 11.9. The van der Waals surface area contributed by atoms with Gasteiger partial charge >= 0.3 is 12.7 Å². The van der Waals surface area contributed by atoms with Crippen molar-refractivity contribution < 1.29 is 35.8 Å². The first kappa shape index (κ1) is 15.9. The van der Waals surface area contributed by atoms with Crippen molar-refractivity contribution in [3.8, 4) is 11.8 Å². The highest BCUT2D eigenvalue weighted by molar-refractivity contribution is 5.34. The SMILES string of the molecule is C=CCNc1nc(OC(F)(F)F)cc(OC(F)(F)F)n1. The minimum atomic E-state index is -5.11. The lowest BCUT2D eigenvalue weighted by molar-refractivity contribution is -0.278. The fourth-order valence-corrected chi connectivity index (χ4v) is 0.988. The standard InChI is InChI=1S/C9H7F6N3O2/c1-2-3-16-7-17-5(19-8(10,11)12)4-6(18-7)20-9(13,14)15/h2,4H,1,3H2,(H,16,17,18). The summed E-state index contributed by atoms with van der Waals surface area (Å²) in [6.45, 7) is 3.31. The Kier molecular flexibility index (Phi) is 4.63. The van der Waals surface area contributed by atoms with Gasteiger partial charge in [-0.25, -0.2) is 0 Å². The quantitative estimate of drug-likeness (QED) is 0.669. The van der Waals surface area contributed by atoms with E-state index < -0.39 is 30.4 Å². The van der Waals surface area contributed by atoms with Crippen LogP contribution in [0.3, 0.4) is 0 Å². The molecule has 20 heavy (non-hydrogen) atoms. The number of alkyl halides is 6. The van der Waals surface area contributed by atoms with Crippen LogP contribution in [-0.2, 0) is 0 Å². The van der Waals surface area contributed by atoms with Gasteiger partial charge in [-0.2, -0.15) is 9.97 Å². The minimum Gasteiger partial charge on any atom is -0.388 e. The third-order valence-corrected chi connectivity index (χ3v) is 1.52. The van der Waals surface area contributed by atoms with Crippen LogP contribution in [0.1, 0.15) is 0 Å². The van der Waals surface area contributed by atoms with Crippen molar-refractivity contribution in [2.24, 2.45) is 0 Å². The van der Waals surface area contributed by atoms with E-state index in [1.165, 1.54) is 6.08 Å². The average Bonchev–Trinajstić information content (AvgIpc) is 2.21. The number of anilines is 1. The predicted octanol–water partition coefficient (Wildman–Crippen LogP) is 2.87. The van der Waals surface area contributed by atoms with E-state index in [2.05, 4.69) is 31.3 Å². The lowest BCUT2D eigenvalue weighted by Gasteiger charge is -2.12. The van der Waals surface area contributed by atoms with E-state index in [4.69, 9.17) is 0 Å². The van der Waals surface area contributed by atoms with Gasteiger partial charge in [-0.15, -0.1) is 32.9 Å². The second kappa shape index (κ2) is 5.84. The van der Waals surface area contributed by atoms with Crippen molar-refractivity contribution in [3.63, 3.8) is 0 Å². The number of nitrogens with one attached hydrogen (secondary N) is 1. The Balaban J connectivity index is 3.03. The third kappa shape index (κ3) is 6.11. The molecule has 0 bridgehead atoms. The Bertz CT molecular complexity index is 439. The molecule has 1 N–H and O–H groups in total. The molecule has 112 valence electrons. The van der Waals surface area contributed by atoms with E-state index in [1.807, 2.05) is 0 Å². The molecule has 0 fully saturated rings. The lowest BCUT2D eigenvalue weighted by atomic mass is 10.5. The van der Waals surface area contributed by atoms with Crippen molar-refractivity contribution >= 4 is 5.95 Å². The highest BCUT2D eigenvalue weighted by Gasteiger charge is 2.35. The number of rotatable bonds is 5. The van der Waals surface area contributed by atoms with Crippen LogP contribution in [0.2, 0.25) is 0 Å². The maximum absolute atomic E-state index is 12.0. The number of hydrogen-bond acceptors (Lipinski definition) is 5. The molecule has 11 heteroatoms. The van der Waals surface area contributed by atoms with E-state index in [0.717, 1.165) is 0 Å². The fraction of sp³-hybridized carbons (Fsp3) is 0.333. The van der Waals surface area contributed by atoms with Gasteiger partial charge in [-0.3, -0.25) is 0 Å². The van der Waals surface area contributed by atoms with Crippen molar-refractivity contribution in [3.05, 3.63) is 18.7 Å². The Morgan fingerprint density at radius 1 is 1.05 bits per heavy atom. The first-order valence-electron chi connectivity index (χ1n) is 4.84. The van der Waals surface area contributed by atoms with E-state index in [-0.39, 0.29) is 12.6 Å². The molecule has 1 aromatic rings. The van der Waals surface area contributed by atoms with Gasteiger partial charge in [0.05, 0.1) is 6.07 Å². The summed E-state index contributed by atoms with van der Waals surface area (Å²) in [6, 6.07) is 0.264. The highest BCUT2D eigenvalue weighted by Crippen LogP contribution is 2.28. The second-order valence-electron chi connectivity index (χ2n) is 3.13. The van der Waals surface area contributed by atoms with Crippen molar-refractivity contribution in [1.29, 1.82) is 0 Å². The molecule has 1 rings (SSSR count). The van der Waals surface area contributed by atoms with E-state index in [0.29, 0.717) is 0 Å². The molecule has 0 saturated carbocycles. The summed E-state index contributed by atoms with van der Waals surface area (Å²) in [5.41, 5.74) is 0. The van der Waals surface area contributed by atoms with Crippen LogP contribution in [0.15, 0.2) is 18.7 Å². The number of nitrogens with zero attached hydrogens (tertiary/aromatic N) is 2. The summed E-state index contributed by atoms with van der Waals surface area (Å²) in [6.07, 6.45) is -8.93. The molecule has 0 aliphatic carbocycles. The maximum atomic E-state index is 12.0. The van der Waals surface area contributed by atoms with Gasteiger partial charge in [0.15, 0.2) is 0 Å². The molecule has 0 spiro atoms. The largest absolute Gasteiger partial charge is 0.574 e. The highest BCUT2D eigenvalue weighted by atomic mass is 19.4. The van der Waals surface area contributed by atoms with Crippen LogP contribution in [0.4, 0.5) is 32.3 Å². The first-order valence-corrected chi connectivity index (χ1v) is 4.84. The van der Waals surface area contributed by atoms with Crippen LogP contribution in [0.5, 0.6) is 11.8 Å². The van der Waals surface area contributed by atoms with Gasteiger partial charge < -0.3 is 14.8 Å². The van der Waals surface area contributed by atoms with Crippen LogP contribution in [0.25, 0.3) is 0 Å². The van der Waals surface area contributed by atoms with Crippen LogP contribution >= 0.6 is 0 Å². The van der Waals surface area contributed by atoms with Gasteiger partial charge in [-0.05, 0) is 0 Å². The second-order valence-corrected chi connectivity index (χ2v) is 3.13. The Morgan fingerprint density at radius 2 is 1.50 bits per heavy atom. The molecule has 1 heterocycles. The summed E-state index contributed by atoms with van der Waals surface area (Å²) in [7, 11) is 0. The van der Waals surface area contributed by atoms with Crippen LogP contribution in [0, 0.1) is 0 Å². The molecule has 0 aliphatic rings. The predicted molar refractivity (Wildman–Crippen MR) is 54.1 cm³/mol. The van der Waals surface area contributed by atoms with Crippen molar-refractivity contribution in [2.75, 3.05) is 11.9 Å². The Labute approximate surface area is 108 Å². The number of halogens is 6. The summed E-state index contributed by atoms with van der Waals surface area (Å²) in [5, 5.41) is 2.31. The molecule has 0 amide bonds. The van der Waals surface area contributed by atoms with Crippen molar-refractivity contribution in [1.82, 2.24) is 9.97 Å². The molecule has 5 nitrogen and oxygen atoms in total. The van der Waals surface area contributed by atoms with Gasteiger partial charge in [0.1, 0.15) is 0 Å². The summed E-state index contributed by atoms with van der Waals surface area (Å²) < 4.78 is 78.9. The minimum absolute atomic E-state index is 0.0148. The molecule has 1 aromatic heterocycles. The van der Waals surface area contributed by atoms with Crippen LogP contribution in [-0.4, -0.2) is 29.2 Å². The number of ether oxygens (including phenoxy) is 2. The Hall–Kier alpha value is -2.20. The van der Waals surface area contributed by atoms with Gasteiger partial charge in [0.25, 0.3) is 0 Å². The maximum Gasteiger partial charge on any atom is 0.574 e. The monoisotopic (exact) mass is 303 g/mol. The zero-order valence-corrected chi connectivity index (χ0v) is 9.55. The molecule has 0 unspecified atom stereocenters. The molecule has 0 aliphatic heterocycles. The molecule has 0 aromatic carbocycles. The summed E-state index contributed by atoms with van der Waals surface area (Å²) in [4.78, 5) is 6.45. The van der Waals surface area contributed by atoms with E-state index >= 15 is 0 Å². The third-order valence-electron chi connectivity index (χ3n) is 1.52. The lowest BCUT2D eigenvalue weighted by Crippen LogP contribution is -2.21. The summed E-state index contributed by atoms with van der Waals surface area (Å²) in [5.74, 6) is -2.82. The zero-order valence-electron chi connectivity index (χ0n) is 9.55. The van der Waals surface area contributed by atoms with E-state index in [1.54, 1.807) is 0 Å². The Morgan fingerprint density at radius 3 is 1.85 bits per heavy atom. The molecule has 0 saturated heterocycles. The fourth-order valence-electron chi connectivity index (χ4n) is 0.988. The molecule has 0 radical (unpaired) electrons.